The zero-order valence-corrected chi connectivity index (χ0v) is 13.8. The van der Waals surface area contributed by atoms with Crippen molar-refractivity contribution in [2.45, 2.75) is 33.9 Å². The lowest BCUT2D eigenvalue weighted by Gasteiger charge is -2.13. The molecule has 0 fully saturated rings. The predicted octanol–water partition coefficient (Wildman–Crippen LogP) is 2.31. The van der Waals surface area contributed by atoms with Crippen LogP contribution in [0, 0.1) is 6.92 Å². The summed E-state index contributed by atoms with van der Waals surface area (Å²) < 4.78 is 12.7. The van der Waals surface area contributed by atoms with Gasteiger partial charge >= 0.3 is 0 Å². The molecule has 0 aliphatic carbocycles. The fourth-order valence-electron chi connectivity index (χ4n) is 2.16. The second kappa shape index (κ2) is 8.22. The first-order valence-corrected chi connectivity index (χ1v) is 7.76. The van der Waals surface area contributed by atoms with Crippen molar-refractivity contribution in [1.29, 1.82) is 0 Å². The average molecular weight is 317 g/mol. The van der Waals surface area contributed by atoms with E-state index >= 15 is 0 Å². The molecule has 0 saturated heterocycles. The maximum atomic E-state index is 11.9. The summed E-state index contributed by atoms with van der Waals surface area (Å²) in [6.45, 7) is 7.59. The number of nitrogens with zero attached hydrogens (tertiary/aromatic N) is 2. The molecule has 6 heteroatoms. The standard InChI is InChI=1S/C17H23N3O3/c1-4-22-15-7-6-14(8-16(15)23-5-2)10-18-17(21)12-20-11-13(3)9-19-20/h6-9,11H,4-5,10,12H2,1-3H3,(H,18,21). The zero-order valence-electron chi connectivity index (χ0n) is 13.8. The third kappa shape index (κ3) is 5.02. The Bertz CT molecular complexity index is 652. The molecular formula is C17H23N3O3. The topological polar surface area (TPSA) is 65.4 Å². The van der Waals surface area contributed by atoms with E-state index in [1.807, 2.05) is 45.2 Å². The van der Waals surface area contributed by atoms with Gasteiger partial charge in [-0.2, -0.15) is 5.10 Å². The minimum Gasteiger partial charge on any atom is -0.490 e. The highest BCUT2D eigenvalue weighted by Crippen LogP contribution is 2.28. The Kier molecular flexibility index (Phi) is 6.02. The van der Waals surface area contributed by atoms with Gasteiger partial charge in [0.15, 0.2) is 11.5 Å². The highest BCUT2D eigenvalue weighted by Gasteiger charge is 2.08. The number of carbonyl (C=O) groups is 1. The molecule has 6 nitrogen and oxygen atoms in total. The van der Waals surface area contributed by atoms with Crippen LogP contribution in [0.3, 0.4) is 0 Å². The van der Waals surface area contributed by atoms with Gasteiger partial charge in [0.1, 0.15) is 6.54 Å². The summed E-state index contributed by atoms with van der Waals surface area (Å²) >= 11 is 0. The Hall–Kier alpha value is -2.50. The number of ether oxygens (including phenoxy) is 2. The summed E-state index contributed by atoms with van der Waals surface area (Å²) in [4.78, 5) is 11.9. The molecule has 0 spiro atoms. The van der Waals surface area contributed by atoms with E-state index < -0.39 is 0 Å². The first kappa shape index (κ1) is 16.9. The number of hydrogen-bond acceptors (Lipinski definition) is 4. The van der Waals surface area contributed by atoms with Crippen LogP contribution in [0.25, 0.3) is 0 Å². The second-order valence-electron chi connectivity index (χ2n) is 5.14. The van der Waals surface area contributed by atoms with Crippen molar-refractivity contribution in [2.75, 3.05) is 13.2 Å². The van der Waals surface area contributed by atoms with Gasteiger partial charge < -0.3 is 14.8 Å². The van der Waals surface area contributed by atoms with E-state index in [0.717, 1.165) is 16.9 Å². The van der Waals surface area contributed by atoms with Crippen LogP contribution in [0.4, 0.5) is 0 Å². The Morgan fingerprint density at radius 2 is 1.96 bits per heavy atom. The van der Waals surface area contributed by atoms with Crippen LogP contribution < -0.4 is 14.8 Å². The highest BCUT2D eigenvalue weighted by molar-refractivity contribution is 5.75. The number of benzene rings is 1. The number of carbonyl (C=O) groups excluding carboxylic acids is 1. The molecule has 124 valence electrons. The third-order valence-electron chi connectivity index (χ3n) is 3.17. The summed E-state index contributed by atoms with van der Waals surface area (Å²) in [5.41, 5.74) is 1.99. The molecule has 0 radical (unpaired) electrons. The van der Waals surface area contributed by atoms with Gasteiger partial charge in [-0.15, -0.1) is 0 Å². The molecule has 1 amide bonds. The van der Waals surface area contributed by atoms with Crippen molar-refractivity contribution in [3.8, 4) is 11.5 Å². The first-order valence-electron chi connectivity index (χ1n) is 7.76. The third-order valence-corrected chi connectivity index (χ3v) is 3.17. The summed E-state index contributed by atoms with van der Waals surface area (Å²) in [5, 5.41) is 6.98. The number of aryl methyl sites for hydroxylation is 1. The summed E-state index contributed by atoms with van der Waals surface area (Å²) in [5.74, 6) is 1.33. The lowest BCUT2D eigenvalue weighted by molar-refractivity contribution is -0.122. The van der Waals surface area contributed by atoms with Gasteiger partial charge in [-0.05, 0) is 44.0 Å². The minimum absolute atomic E-state index is 0.0834. The smallest absolute Gasteiger partial charge is 0.241 e. The summed E-state index contributed by atoms with van der Waals surface area (Å²) in [6, 6.07) is 5.69. The van der Waals surface area contributed by atoms with Gasteiger partial charge in [-0.1, -0.05) is 6.07 Å². The van der Waals surface area contributed by atoms with Crippen LogP contribution in [0.5, 0.6) is 11.5 Å². The average Bonchev–Trinajstić information content (AvgIpc) is 2.93. The van der Waals surface area contributed by atoms with Crippen molar-refractivity contribution < 1.29 is 14.3 Å². The van der Waals surface area contributed by atoms with E-state index in [2.05, 4.69) is 10.4 Å². The molecule has 2 rings (SSSR count). The highest BCUT2D eigenvalue weighted by atomic mass is 16.5. The van der Waals surface area contributed by atoms with Gasteiger partial charge in [0, 0.05) is 12.7 Å². The Balaban J connectivity index is 1.94. The van der Waals surface area contributed by atoms with Gasteiger partial charge in [0.2, 0.25) is 5.91 Å². The van der Waals surface area contributed by atoms with Crippen LogP contribution in [0.1, 0.15) is 25.0 Å². The molecule has 0 aliphatic heterocycles. The van der Waals surface area contributed by atoms with E-state index in [4.69, 9.17) is 9.47 Å². The maximum Gasteiger partial charge on any atom is 0.241 e. The molecule has 0 atom stereocenters. The van der Waals surface area contributed by atoms with Crippen molar-refractivity contribution >= 4 is 5.91 Å². The van der Waals surface area contributed by atoms with Crippen LogP contribution >= 0.6 is 0 Å². The number of hydrogen-bond donors (Lipinski definition) is 1. The molecule has 1 aromatic heterocycles. The fourth-order valence-corrected chi connectivity index (χ4v) is 2.16. The van der Waals surface area contributed by atoms with E-state index in [1.165, 1.54) is 0 Å². The largest absolute Gasteiger partial charge is 0.490 e. The molecule has 0 aliphatic rings. The molecule has 0 saturated carbocycles. The molecule has 0 bridgehead atoms. The van der Waals surface area contributed by atoms with Gasteiger partial charge in [0.25, 0.3) is 0 Å². The molecule has 23 heavy (non-hydrogen) atoms. The van der Waals surface area contributed by atoms with Crippen molar-refractivity contribution in [3.05, 3.63) is 41.7 Å². The monoisotopic (exact) mass is 317 g/mol. The minimum atomic E-state index is -0.0834. The van der Waals surface area contributed by atoms with E-state index in [-0.39, 0.29) is 12.5 Å². The molecule has 1 heterocycles. The van der Waals surface area contributed by atoms with Gasteiger partial charge in [-0.25, -0.2) is 0 Å². The second-order valence-corrected chi connectivity index (χ2v) is 5.14. The molecule has 1 aromatic carbocycles. The van der Waals surface area contributed by atoms with Crippen molar-refractivity contribution in [2.24, 2.45) is 0 Å². The predicted molar refractivity (Wildman–Crippen MR) is 87.6 cm³/mol. The van der Waals surface area contributed by atoms with Crippen LogP contribution in [0.2, 0.25) is 0 Å². The molecule has 1 N–H and O–H groups in total. The number of nitrogens with one attached hydrogen (secondary N) is 1. The van der Waals surface area contributed by atoms with Crippen LogP contribution in [-0.2, 0) is 17.9 Å². The van der Waals surface area contributed by atoms with E-state index in [1.54, 1.807) is 10.9 Å². The maximum absolute atomic E-state index is 11.9. The van der Waals surface area contributed by atoms with Crippen LogP contribution in [0.15, 0.2) is 30.6 Å². The van der Waals surface area contributed by atoms with E-state index in [9.17, 15) is 4.79 Å². The summed E-state index contributed by atoms with van der Waals surface area (Å²) in [6.07, 6.45) is 3.57. The van der Waals surface area contributed by atoms with Gasteiger partial charge in [-0.3, -0.25) is 9.48 Å². The van der Waals surface area contributed by atoms with Gasteiger partial charge in [0.05, 0.1) is 19.4 Å². The fraction of sp³-hybridized carbons (Fsp3) is 0.412. The first-order chi connectivity index (χ1) is 11.1. The number of rotatable bonds is 8. The van der Waals surface area contributed by atoms with Crippen molar-refractivity contribution in [3.63, 3.8) is 0 Å². The summed E-state index contributed by atoms with van der Waals surface area (Å²) in [7, 11) is 0. The Labute approximate surface area is 136 Å². The SMILES string of the molecule is CCOc1ccc(CNC(=O)Cn2cc(C)cn2)cc1OCC. The molecule has 2 aromatic rings. The number of aromatic nitrogens is 2. The van der Waals surface area contributed by atoms with Crippen LogP contribution in [-0.4, -0.2) is 28.9 Å². The van der Waals surface area contributed by atoms with Crippen molar-refractivity contribution in [1.82, 2.24) is 15.1 Å². The molecular weight excluding hydrogens is 294 g/mol. The lowest BCUT2D eigenvalue weighted by Crippen LogP contribution is -2.27. The zero-order chi connectivity index (χ0) is 16.7. The number of amides is 1. The molecule has 0 unspecified atom stereocenters. The normalized spacial score (nSPS) is 10.4. The Morgan fingerprint density at radius 1 is 1.22 bits per heavy atom. The Morgan fingerprint density at radius 3 is 2.61 bits per heavy atom. The quantitative estimate of drug-likeness (QED) is 0.811. The lowest BCUT2D eigenvalue weighted by atomic mass is 10.2. The van der Waals surface area contributed by atoms with E-state index in [0.29, 0.717) is 25.5 Å².